The van der Waals surface area contributed by atoms with Gasteiger partial charge >= 0.3 is 136 Å². The summed E-state index contributed by atoms with van der Waals surface area (Å²) < 4.78 is 0.632. The summed E-state index contributed by atoms with van der Waals surface area (Å²) in [5.41, 5.74) is 14.2. The van der Waals surface area contributed by atoms with Gasteiger partial charge in [0.15, 0.2) is 0 Å². The molecule has 113 valence electrons. The van der Waals surface area contributed by atoms with Gasteiger partial charge in [0.25, 0.3) is 0 Å². The van der Waals surface area contributed by atoms with Gasteiger partial charge in [-0.3, -0.25) is 0 Å². The molecule has 0 saturated carbocycles. The summed E-state index contributed by atoms with van der Waals surface area (Å²) in [6, 6.07) is 15.2. The second-order valence-corrected chi connectivity index (χ2v) is 6.59. The Labute approximate surface area is 160 Å². The molecule has 2 aromatic carbocycles. The summed E-state index contributed by atoms with van der Waals surface area (Å²) >= 11 is 1.58. The number of halogens is 2. The fourth-order valence-electron chi connectivity index (χ4n) is 2.97. The van der Waals surface area contributed by atoms with Gasteiger partial charge in [0.05, 0.1) is 0 Å². The predicted octanol–water partition coefficient (Wildman–Crippen LogP) is -1.78. The van der Waals surface area contributed by atoms with Crippen LogP contribution >= 0.6 is 0 Å². The number of benzene rings is 2. The van der Waals surface area contributed by atoms with Crippen LogP contribution in [0.2, 0.25) is 0 Å². The van der Waals surface area contributed by atoms with E-state index in [-0.39, 0.29) is 24.8 Å². The molecule has 1 aliphatic carbocycles. The summed E-state index contributed by atoms with van der Waals surface area (Å²) in [5, 5.41) is 0. The zero-order valence-corrected chi connectivity index (χ0v) is 16.4. The van der Waals surface area contributed by atoms with Crippen molar-refractivity contribution in [3.8, 4) is 11.1 Å². The fraction of sp³-hybridized carbons (Fsp3) is 0.222. The zero-order valence-electron chi connectivity index (χ0n) is 12.4. The minimum absolute atomic E-state index is 0. The Bertz CT molecular complexity index is 683. The first-order chi connectivity index (χ1) is 9.76. The largest absolute Gasteiger partial charge is 1.00 e. The molecule has 0 radical (unpaired) electrons. The van der Waals surface area contributed by atoms with Crippen molar-refractivity contribution in [2.75, 3.05) is 0 Å². The molecule has 0 saturated heterocycles. The normalized spacial score (nSPS) is 15.5. The molecule has 0 aromatic heterocycles. The molecule has 3 rings (SSSR count). The van der Waals surface area contributed by atoms with E-state index in [1.165, 1.54) is 27.8 Å². The number of rotatable bonds is 3. The van der Waals surface area contributed by atoms with Crippen LogP contribution in [0.5, 0.6) is 0 Å². The van der Waals surface area contributed by atoms with Crippen molar-refractivity contribution in [2.24, 2.45) is 5.73 Å². The van der Waals surface area contributed by atoms with Crippen LogP contribution in [0.3, 0.4) is 0 Å². The van der Waals surface area contributed by atoms with E-state index in [4.69, 9.17) is 5.73 Å². The molecule has 1 nitrogen and oxygen atoms in total. The van der Waals surface area contributed by atoms with Crippen molar-refractivity contribution < 1.29 is 49.5 Å². The standard InChI is InChI=1S/C18H18N.2ClH.Zr/c1-2-13-10-14-7-5-9-17(18(14)11-13)16-8-4-3-6-15(16)12-19;;;/h3-11H,2,12,19H2,1H3;2*1H;/q;;;+2/p-2. The van der Waals surface area contributed by atoms with E-state index in [2.05, 4.69) is 55.5 Å². The second-order valence-electron chi connectivity index (χ2n) is 5.18. The third kappa shape index (κ3) is 3.41. The monoisotopic (exact) mass is 408 g/mol. The molecular weight excluding hydrogens is 392 g/mol. The van der Waals surface area contributed by atoms with Gasteiger partial charge in [0.1, 0.15) is 0 Å². The first-order valence-corrected chi connectivity index (χ1v) is 8.51. The van der Waals surface area contributed by atoms with Gasteiger partial charge in [-0.05, 0) is 0 Å². The SMILES string of the molecule is CCC1=Cc2c(-c3ccccc3CN)cccc2[CH]1[Zr+2].[Cl-].[Cl-]. The van der Waals surface area contributed by atoms with Crippen LogP contribution in [0.15, 0.2) is 48.0 Å². The molecule has 0 amide bonds. The molecule has 1 atom stereocenters. The molecule has 1 aliphatic rings. The van der Waals surface area contributed by atoms with Crippen molar-refractivity contribution >= 4 is 6.08 Å². The van der Waals surface area contributed by atoms with Crippen molar-refractivity contribution in [1.82, 2.24) is 0 Å². The molecule has 22 heavy (non-hydrogen) atoms. The number of nitrogens with two attached hydrogens (primary N) is 1. The maximum absolute atomic E-state index is 5.90. The molecule has 4 heteroatoms. The smallest absolute Gasteiger partial charge is 1.00 e. The molecule has 1 unspecified atom stereocenters. The minimum atomic E-state index is 0. The van der Waals surface area contributed by atoms with Crippen molar-refractivity contribution in [3.63, 3.8) is 0 Å². The van der Waals surface area contributed by atoms with Crippen molar-refractivity contribution in [3.05, 3.63) is 64.7 Å². The summed E-state index contributed by atoms with van der Waals surface area (Å²) in [7, 11) is 0. The Kier molecular flexibility index (Phi) is 7.55. The van der Waals surface area contributed by atoms with Gasteiger partial charge in [0.2, 0.25) is 0 Å². The summed E-state index contributed by atoms with van der Waals surface area (Å²) in [6.45, 7) is 2.84. The van der Waals surface area contributed by atoms with Gasteiger partial charge in [0, 0.05) is 0 Å². The van der Waals surface area contributed by atoms with E-state index in [1.54, 1.807) is 30.3 Å². The van der Waals surface area contributed by atoms with E-state index in [9.17, 15) is 0 Å². The first kappa shape index (κ1) is 19.6. The van der Waals surface area contributed by atoms with Crippen LogP contribution in [-0.2, 0) is 31.3 Å². The van der Waals surface area contributed by atoms with Gasteiger partial charge in [-0.25, -0.2) is 0 Å². The summed E-state index contributed by atoms with van der Waals surface area (Å²) in [6.07, 6.45) is 3.54. The minimum Gasteiger partial charge on any atom is -1.00 e. The molecule has 2 aromatic rings. The van der Waals surface area contributed by atoms with Crippen LogP contribution in [-0.4, -0.2) is 0 Å². The molecular formula is C18H18Cl2NZr. The Balaban J connectivity index is 0.00000121. The average Bonchev–Trinajstić information content (AvgIpc) is 2.84. The molecule has 0 aliphatic heterocycles. The van der Waals surface area contributed by atoms with Gasteiger partial charge < -0.3 is 24.8 Å². The maximum Gasteiger partial charge on any atom is -1.00 e. The van der Waals surface area contributed by atoms with Gasteiger partial charge in [-0.2, -0.15) is 0 Å². The third-order valence-corrected chi connectivity index (χ3v) is 5.76. The predicted molar refractivity (Wildman–Crippen MR) is 80.8 cm³/mol. The molecule has 0 bridgehead atoms. The quantitative estimate of drug-likeness (QED) is 0.636. The van der Waals surface area contributed by atoms with E-state index >= 15 is 0 Å². The van der Waals surface area contributed by atoms with Crippen LogP contribution in [0.1, 0.15) is 33.7 Å². The molecule has 2 N–H and O–H groups in total. The fourth-order valence-corrected chi connectivity index (χ4v) is 4.29. The summed E-state index contributed by atoms with van der Waals surface area (Å²) in [4.78, 5) is 0. The summed E-state index contributed by atoms with van der Waals surface area (Å²) in [5.74, 6) is 0. The van der Waals surface area contributed by atoms with E-state index in [1.807, 2.05) is 0 Å². The van der Waals surface area contributed by atoms with E-state index < -0.39 is 0 Å². The van der Waals surface area contributed by atoms with E-state index in [0.717, 1.165) is 6.42 Å². The first-order valence-electron chi connectivity index (χ1n) is 7.09. The topological polar surface area (TPSA) is 26.0 Å². The maximum atomic E-state index is 5.90. The zero-order chi connectivity index (χ0) is 14.1. The second kappa shape index (κ2) is 8.45. The Morgan fingerprint density at radius 3 is 2.36 bits per heavy atom. The van der Waals surface area contributed by atoms with Crippen molar-refractivity contribution in [2.45, 2.75) is 23.5 Å². The molecule has 0 heterocycles. The Morgan fingerprint density at radius 2 is 1.68 bits per heavy atom. The third-order valence-electron chi connectivity index (χ3n) is 4.09. The molecule has 0 spiro atoms. The number of allylic oxidation sites excluding steroid dienone is 1. The van der Waals surface area contributed by atoms with Crippen LogP contribution in [0.25, 0.3) is 17.2 Å². The molecule has 0 fully saturated rings. The Morgan fingerprint density at radius 1 is 1.00 bits per heavy atom. The average molecular weight is 410 g/mol. The number of hydrogen-bond donors (Lipinski definition) is 1. The van der Waals surface area contributed by atoms with Crippen molar-refractivity contribution in [1.29, 1.82) is 0 Å². The van der Waals surface area contributed by atoms with Gasteiger partial charge in [-0.15, -0.1) is 0 Å². The van der Waals surface area contributed by atoms with E-state index in [0.29, 0.717) is 10.2 Å². The number of fused-ring (bicyclic) bond motifs is 1. The van der Waals surface area contributed by atoms with Crippen LogP contribution in [0, 0.1) is 0 Å². The van der Waals surface area contributed by atoms with Gasteiger partial charge in [-0.1, -0.05) is 0 Å². The van der Waals surface area contributed by atoms with Crippen LogP contribution in [0.4, 0.5) is 0 Å². The Hall–Kier alpha value is -0.397. The number of hydrogen-bond acceptors (Lipinski definition) is 1. The van der Waals surface area contributed by atoms with Crippen LogP contribution < -0.4 is 30.5 Å².